The second-order valence-electron chi connectivity index (χ2n) is 7.85. The molecular formula is C23H31FN6O. The lowest BCUT2D eigenvalue weighted by Crippen LogP contribution is -2.44. The van der Waals surface area contributed by atoms with Crippen molar-refractivity contribution >= 4 is 17.5 Å². The van der Waals surface area contributed by atoms with Crippen LogP contribution in [0.4, 0.5) is 15.9 Å². The molecule has 2 aliphatic heterocycles. The lowest BCUT2D eigenvalue weighted by atomic mass is 10.2. The number of hydrogen-bond acceptors (Lipinski definition) is 5. The normalized spacial score (nSPS) is 19.5. The van der Waals surface area contributed by atoms with Gasteiger partial charge in [-0.1, -0.05) is 12.1 Å². The van der Waals surface area contributed by atoms with Crippen molar-refractivity contribution in [1.82, 2.24) is 15.6 Å². The van der Waals surface area contributed by atoms with Gasteiger partial charge in [0.05, 0.1) is 19.8 Å². The minimum atomic E-state index is -0.274. The first-order chi connectivity index (χ1) is 15.2. The third-order valence-corrected chi connectivity index (χ3v) is 5.64. The number of nitrogens with one attached hydrogen (secondary N) is 2. The topological polar surface area (TPSA) is 65.0 Å². The van der Waals surface area contributed by atoms with E-state index in [1.165, 1.54) is 11.8 Å². The fraction of sp³-hybridized carbons (Fsp3) is 0.478. The summed E-state index contributed by atoms with van der Waals surface area (Å²) >= 11 is 0. The first kappa shape index (κ1) is 21.4. The predicted octanol–water partition coefficient (Wildman–Crippen LogP) is 2.39. The molecule has 0 saturated carbocycles. The molecule has 8 heteroatoms. The molecule has 0 bridgehead atoms. The van der Waals surface area contributed by atoms with Gasteiger partial charge in [0.1, 0.15) is 0 Å². The number of halogens is 1. The Morgan fingerprint density at radius 1 is 1.16 bits per heavy atom. The summed E-state index contributed by atoms with van der Waals surface area (Å²) in [7, 11) is 0. The van der Waals surface area contributed by atoms with Crippen LogP contribution in [0.5, 0.6) is 0 Å². The first-order valence-electron chi connectivity index (χ1n) is 11.0. The number of anilines is 2. The molecule has 0 radical (unpaired) electrons. The van der Waals surface area contributed by atoms with Gasteiger partial charge in [-0.25, -0.2) is 14.4 Å². The van der Waals surface area contributed by atoms with E-state index in [0.717, 1.165) is 57.3 Å². The smallest absolute Gasteiger partial charge is 0.191 e. The van der Waals surface area contributed by atoms with E-state index in [1.54, 1.807) is 12.3 Å². The summed E-state index contributed by atoms with van der Waals surface area (Å²) < 4.78 is 19.5. The van der Waals surface area contributed by atoms with Crippen molar-refractivity contribution in [2.24, 2.45) is 4.99 Å². The van der Waals surface area contributed by atoms with Crippen molar-refractivity contribution in [2.75, 3.05) is 55.7 Å². The Balaban J connectivity index is 1.33. The zero-order valence-electron chi connectivity index (χ0n) is 18.1. The number of rotatable bonds is 6. The van der Waals surface area contributed by atoms with Crippen LogP contribution in [0.15, 0.2) is 47.6 Å². The number of aliphatic imine (C=N–C) groups is 1. The summed E-state index contributed by atoms with van der Waals surface area (Å²) in [6.07, 6.45) is 2.55. The van der Waals surface area contributed by atoms with Crippen molar-refractivity contribution in [3.63, 3.8) is 0 Å². The molecule has 1 atom stereocenters. The Labute approximate surface area is 183 Å². The molecule has 2 saturated heterocycles. The van der Waals surface area contributed by atoms with Gasteiger partial charge in [-0.2, -0.15) is 0 Å². The molecule has 2 N–H and O–H groups in total. The standard InChI is InChI=1S/C23H31FN6O/c1-2-25-23(28-19-9-11-30(17-19)22-21(24)4-3-10-26-22)27-16-18-5-7-20(8-6-18)29-12-14-31-15-13-29/h3-8,10,19H,2,9,11-17H2,1H3,(H2,25,27,28). The molecule has 1 aromatic carbocycles. The summed E-state index contributed by atoms with van der Waals surface area (Å²) in [6.45, 7) is 8.36. The summed E-state index contributed by atoms with van der Waals surface area (Å²) in [5.74, 6) is 0.937. The number of guanidine groups is 1. The zero-order valence-corrected chi connectivity index (χ0v) is 18.1. The lowest BCUT2D eigenvalue weighted by molar-refractivity contribution is 0.122. The van der Waals surface area contributed by atoms with Gasteiger partial charge in [0.15, 0.2) is 17.6 Å². The van der Waals surface area contributed by atoms with Crippen LogP contribution in [-0.2, 0) is 11.3 Å². The molecule has 4 rings (SSSR count). The first-order valence-corrected chi connectivity index (χ1v) is 11.0. The molecule has 2 aromatic rings. The van der Waals surface area contributed by atoms with E-state index in [1.807, 2.05) is 4.90 Å². The van der Waals surface area contributed by atoms with Gasteiger partial charge in [0, 0.05) is 50.6 Å². The van der Waals surface area contributed by atoms with E-state index in [2.05, 4.69) is 51.7 Å². The fourth-order valence-corrected chi connectivity index (χ4v) is 4.00. The third-order valence-electron chi connectivity index (χ3n) is 5.64. The summed E-state index contributed by atoms with van der Waals surface area (Å²) in [5.41, 5.74) is 2.40. The lowest BCUT2D eigenvalue weighted by Gasteiger charge is -2.28. The van der Waals surface area contributed by atoms with Gasteiger partial charge in [-0.3, -0.25) is 0 Å². The summed E-state index contributed by atoms with van der Waals surface area (Å²) in [5, 5.41) is 6.81. The van der Waals surface area contributed by atoms with E-state index in [9.17, 15) is 4.39 Å². The molecule has 0 spiro atoms. The Hall–Kier alpha value is -2.87. The van der Waals surface area contributed by atoms with Gasteiger partial charge < -0.3 is 25.2 Å². The highest BCUT2D eigenvalue weighted by Gasteiger charge is 2.25. The maximum atomic E-state index is 14.0. The van der Waals surface area contributed by atoms with Crippen LogP contribution >= 0.6 is 0 Å². The highest BCUT2D eigenvalue weighted by Crippen LogP contribution is 2.21. The Morgan fingerprint density at radius 2 is 1.97 bits per heavy atom. The van der Waals surface area contributed by atoms with Crippen molar-refractivity contribution in [3.05, 3.63) is 54.0 Å². The number of pyridine rings is 1. The molecule has 1 aromatic heterocycles. The van der Waals surface area contributed by atoms with Crippen LogP contribution in [0, 0.1) is 5.82 Å². The molecular weight excluding hydrogens is 395 g/mol. The van der Waals surface area contributed by atoms with Crippen LogP contribution in [0.1, 0.15) is 18.9 Å². The van der Waals surface area contributed by atoms with Crippen LogP contribution in [0.25, 0.3) is 0 Å². The van der Waals surface area contributed by atoms with Gasteiger partial charge >= 0.3 is 0 Å². The average Bonchev–Trinajstić information content (AvgIpc) is 3.27. The fourth-order valence-electron chi connectivity index (χ4n) is 4.00. The maximum Gasteiger partial charge on any atom is 0.191 e. The highest BCUT2D eigenvalue weighted by molar-refractivity contribution is 5.80. The van der Waals surface area contributed by atoms with Crippen LogP contribution < -0.4 is 20.4 Å². The highest BCUT2D eigenvalue weighted by atomic mass is 19.1. The van der Waals surface area contributed by atoms with Crippen molar-refractivity contribution in [2.45, 2.75) is 25.9 Å². The molecule has 3 heterocycles. The average molecular weight is 427 g/mol. The number of benzene rings is 1. The van der Waals surface area contributed by atoms with Crippen molar-refractivity contribution < 1.29 is 9.13 Å². The monoisotopic (exact) mass is 426 g/mol. The van der Waals surface area contributed by atoms with E-state index in [0.29, 0.717) is 18.9 Å². The number of morpholine rings is 1. The van der Waals surface area contributed by atoms with Crippen LogP contribution in [0.3, 0.4) is 0 Å². The SMILES string of the molecule is CCNC(=NCc1ccc(N2CCOCC2)cc1)NC1CCN(c2ncccc2F)C1. The second kappa shape index (κ2) is 10.4. The minimum Gasteiger partial charge on any atom is -0.378 e. The third kappa shape index (κ3) is 5.64. The van der Waals surface area contributed by atoms with Crippen LogP contribution in [0.2, 0.25) is 0 Å². The zero-order chi connectivity index (χ0) is 21.5. The van der Waals surface area contributed by atoms with E-state index in [-0.39, 0.29) is 11.9 Å². The Morgan fingerprint density at radius 3 is 2.71 bits per heavy atom. The van der Waals surface area contributed by atoms with E-state index >= 15 is 0 Å². The van der Waals surface area contributed by atoms with E-state index < -0.39 is 0 Å². The molecule has 0 aliphatic carbocycles. The molecule has 7 nitrogen and oxygen atoms in total. The second-order valence-corrected chi connectivity index (χ2v) is 7.85. The van der Waals surface area contributed by atoms with E-state index in [4.69, 9.17) is 9.73 Å². The van der Waals surface area contributed by atoms with Gasteiger partial charge in [-0.15, -0.1) is 0 Å². The predicted molar refractivity (Wildman–Crippen MR) is 122 cm³/mol. The maximum absolute atomic E-state index is 14.0. The Kier molecular flexibility index (Phi) is 7.19. The minimum absolute atomic E-state index is 0.197. The Bertz CT molecular complexity index is 869. The largest absolute Gasteiger partial charge is 0.378 e. The quantitative estimate of drug-likeness (QED) is 0.546. The van der Waals surface area contributed by atoms with Gasteiger partial charge in [0.25, 0.3) is 0 Å². The molecule has 1 unspecified atom stereocenters. The van der Waals surface area contributed by atoms with Gasteiger partial charge in [0.2, 0.25) is 0 Å². The molecule has 2 aliphatic rings. The number of nitrogens with zero attached hydrogens (tertiary/aromatic N) is 4. The van der Waals surface area contributed by atoms with Crippen molar-refractivity contribution in [1.29, 1.82) is 0 Å². The van der Waals surface area contributed by atoms with Crippen LogP contribution in [-0.4, -0.2) is 62.9 Å². The molecule has 2 fully saturated rings. The van der Waals surface area contributed by atoms with Crippen molar-refractivity contribution in [3.8, 4) is 0 Å². The summed E-state index contributed by atoms with van der Waals surface area (Å²) in [4.78, 5) is 13.3. The number of ether oxygens (including phenoxy) is 1. The molecule has 0 amide bonds. The molecule has 166 valence electrons. The summed E-state index contributed by atoms with van der Waals surface area (Å²) in [6, 6.07) is 11.9. The molecule has 31 heavy (non-hydrogen) atoms. The number of hydrogen-bond donors (Lipinski definition) is 2. The van der Waals surface area contributed by atoms with Gasteiger partial charge in [-0.05, 0) is 43.2 Å². The number of aromatic nitrogens is 1.